The van der Waals surface area contributed by atoms with Crippen molar-refractivity contribution in [1.29, 1.82) is 0 Å². The summed E-state index contributed by atoms with van der Waals surface area (Å²) in [4.78, 5) is 18.0. The van der Waals surface area contributed by atoms with Gasteiger partial charge in [-0.3, -0.25) is 4.68 Å². The second-order valence-electron chi connectivity index (χ2n) is 9.22. The molecule has 2 N–H and O–H groups in total. The van der Waals surface area contributed by atoms with Crippen LogP contribution in [-0.4, -0.2) is 59.6 Å². The number of fused-ring (bicyclic) bond motifs is 1. The molecule has 1 saturated heterocycles. The molecular formula is C26H29F3N6O3. The average molecular weight is 531 g/mol. The van der Waals surface area contributed by atoms with E-state index >= 15 is 4.39 Å². The molecule has 9 nitrogen and oxygen atoms in total. The maximum atomic E-state index is 15.4. The summed E-state index contributed by atoms with van der Waals surface area (Å²) < 4.78 is 56.3. The summed E-state index contributed by atoms with van der Waals surface area (Å²) in [5, 5.41) is 10.4. The van der Waals surface area contributed by atoms with Crippen molar-refractivity contribution < 1.29 is 27.4 Å². The summed E-state index contributed by atoms with van der Waals surface area (Å²) in [6, 6.07) is 5.07. The van der Waals surface area contributed by atoms with Gasteiger partial charge >= 0.3 is 6.03 Å². The SMILES string of the molecule is CNC(=O)N1CCc2c(c(Nc3cc(C(F)F)c(-c4ccnc(OC)c4)cc3F)nn2C2CCOCC2)C1. The van der Waals surface area contributed by atoms with Gasteiger partial charge in [0.25, 0.3) is 6.43 Å². The van der Waals surface area contributed by atoms with Gasteiger partial charge in [-0.1, -0.05) is 0 Å². The van der Waals surface area contributed by atoms with Crippen LogP contribution in [-0.2, 0) is 17.7 Å². The van der Waals surface area contributed by atoms with Crippen LogP contribution in [0.3, 0.4) is 0 Å². The van der Waals surface area contributed by atoms with Crippen molar-refractivity contribution in [1.82, 2.24) is 25.0 Å². The van der Waals surface area contributed by atoms with Crippen LogP contribution < -0.4 is 15.4 Å². The zero-order valence-corrected chi connectivity index (χ0v) is 21.1. The smallest absolute Gasteiger partial charge is 0.317 e. The van der Waals surface area contributed by atoms with Crippen LogP contribution in [0.2, 0.25) is 0 Å². The number of nitrogens with one attached hydrogen (secondary N) is 2. The highest BCUT2D eigenvalue weighted by Gasteiger charge is 2.31. The molecule has 202 valence electrons. The highest BCUT2D eigenvalue weighted by atomic mass is 19.3. The van der Waals surface area contributed by atoms with Crippen LogP contribution in [0.1, 0.15) is 42.1 Å². The molecule has 2 aromatic heterocycles. The van der Waals surface area contributed by atoms with Crippen LogP contribution in [0.15, 0.2) is 30.5 Å². The molecule has 1 aromatic carbocycles. The Kier molecular flexibility index (Phi) is 7.41. The van der Waals surface area contributed by atoms with Gasteiger partial charge in [0.15, 0.2) is 5.82 Å². The first-order valence-electron chi connectivity index (χ1n) is 12.4. The molecule has 0 spiro atoms. The number of alkyl halides is 2. The van der Waals surface area contributed by atoms with Crippen molar-refractivity contribution >= 4 is 17.5 Å². The number of carbonyl (C=O) groups is 1. The number of halogens is 3. The van der Waals surface area contributed by atoms with Crippen molar-refractivity contribution in [2.24, 2.45) is 0 Å². The number of amides is 2. The van der Waals surface area contributed by atoms with E-state index in [4.69, 9.17) is 14.6 Å². The Morgan fingerprint density at radius 2 is 2.03 bits per heavy atom. The standard InChI is InChI=1S/C26H29F3N6O3/c1-30-26(36)34-8-4-22-19(14-34)25(33-35(22)16-5-9-38-10-6-16)32-21-13-18(24(28)29)17(12-20(21)27)15-3-7-31-23(11-15)37-2/h3,7,11-13,16,24H,4-6,8-10,14H2,1-2H3,(H,30,36)(H,32,33). The molecule has 38 heavy (non-hydrogen) atoms. The lowest BCUT2D eigenvalue weighted by Crippen LogP contribution is -2.41. The lowest BCUT2D eigenvalue weighted by molar-refractivity contribution is 0.0652. The van der Waals surface area contributed by atoms with Crippen molar-refractivity contribution in [2.75, 3.05) is 39.2 Å². The van der Waals surface area contributed by atoms with Crippen molar-refractivity contribution in [3.63, 3.8) is 0 Å². The molecule has 5 rings (SSSR count). The quantitative estimate of drug-likeness (QED) is 0.475. The maximum Gasteiger partial charge on any atom is 0.317 e. The maximum absolute atomic E-state index is 15.4. The van der Waals surface area contributed by atoms with E-state index in [9.17, 15) is 13.6 Å². The predicted octanol–water partition coefficient (Wildman–Crippen LogP) is 4.82. The first-order chi connectivity index (χ1) is 18.4. The number of pyridine rings is 1. The summed E-state index contributed by atoms with van der Waals surface area (Å²) in [5.41, 5.74) is 1.64. The van der Waals surface area contributed by atoms with Crippen LogP contribution in [0.4, 0.5) is 29.5 Å². The fraction of sp³-hybridized carbons (Fsp3) is 0.423. The number of hydrogen-bond acceptors (Lipinski definition) is 6. The van der Waals surface area contributed by atoms with E-state index in [1.54, 1.807) is 11.9 Å². The number of nitrogens with zero attached hydrogens (tertiary/aromatic N) is 4. The molecule has 12 heteroatoms. The van der Waals surface area contributed by atoms with Gasteiger partial charge in [-0.15, -0.1) is 0 Å². The number of aromatic nitrogens is 3. The molecule has 2 aliphatic heterocycles. The molecule has 2 amide bonds. The predicted molar refractivity (Wildman–Crippen MR) is 134 cm³/mol. The van der Waals surface area contributed by atoms with Crippen molar-refractivity contribution in [3.05, 3.63) is 53.1 Å². The Labute approximate surface area is 217 Å². The second kappa shape index (κ2) is 10.9. The topological polar surface area (TPSA) is 93.5 Å². The van der Waals surface area contributed by atoms with E-state index in [-0.39, 0.29) is 41.3 Å². The van der Waals surface area contributed by atoms with E-state index < -0.39 is 12.2 Å². The molecule has 3 aromatic rings. The van der Waals surface area contributed by atoms with E-state index in [0.29, 0.717) is 37.6 Å². The first-order valence-corrected chi connectivity index (χ1v) is 12.4. The number of benzene rings is 1. The van der Waals surface area contributed by atoms with Gasteiger partial charge in [0, 0.05) is 62.3 Å². The molecular weight excluding hydrogens is 501 g/mol. The van der Waals surface area contributed by atoms with E-state index in [0.717, 1.165) is 36.2 Å². The number of urea groups is 1. The van der Waals surface area contributed by atoms with Crippen LogP contribution in [0.5, 0.6) is 5.88 Å². The van der Waals surface area contributed by atoms with Gasteiger partial charge in [-0.2, -0.15) is 5.10 Å². The van der Waals surface area contributed by atoms with Gasteiger partial charge in [0.1, 0.15) is 5.82 Å². The van der Waals surface area contributed by atoms with E-state index in [2.05, 4.69) is 15.6 Å². The number of rotatable bonds is 6. The van der Waals surface area contributed by atoms with Gasteiger partial charge in [0.05, 0.1) is 25.4 Å². The van der Waals surface area contributed by atoms with Gasteiger partial charge in [-0.05, 0) is 42.2 Å². The lowest BCUT2D eigenvalue weighted by Gasteiger charge is -2.29. The summed E-state index contributed by atoms with van der Waals surface area (Å²) in [5.74, 6) is -0.137. The molecule has 1 fully saturated rings. The minimum atomic E-state index is -2.86. The Hall–Kier alpha value is -3.80. The van der Waals surface area contributed by atoms with Crippen molar-refractivity contribution in [3.8, 4) is 17.0 Å². The largest absolute Gasteiger partial charge is 0.481 e. The van der Waals surface area contributed by atoms with Crippen LogP contribution in [0.25, 0.3) is 11.1 Å². The minimum absolute atomic E-state index is 0.0457. The average Bonchev–Trinajstić information content (AvgIpc) is 3.31. The third kappa shape index (κ3) is 5.00. The third-order valence-electron chi connectivity index (χ3n) is 7.01. The molecule has 0 saturated carbocycles. The highest BCUT2D eigenvalue weighted by molar-refractivity contribution is 5.76. The normalized spacial score (nSPS) is 15.9. The number of ether oxygens (including phenoxy) is 2. The van der Waals surface area contributed by atoms with Gasteiger partial charge < -0.3 is 25.0 Å². The van der Waals surface area contributed by atoms with E-state index in [1.165, 1.54) is 25.4 Å². The molecule has 0 radical (unpaired) electrons. The summed E-state index contributed by atoms with van der Waals surface area (Å²) in [7, 11) is 2.98. The second-order valence-corrected chi connectivity index (χ2v) is 9.22. The van der Waals surface area contributed by atoms with Crippen LogP contribution in [0, 0.1) is 5.82 Å². The van der Waals surface area contributed by atoms with Gasteiger partial charge in [0.2, 0.25) is 5.88 Å². The van der Waals surface area contributed by atoms with Crippen LogP contribution >= 0.6 is 0 Å². The number of hydrogen-bond donors (Lipinski definition) is 2. The minimum Gasteiger partial charge on any atom is -0.481 e. The Morgan fingerprint density at radius 1 is 1.24 bits per heavy atom. The monoisotopic (exact) mass is 530 g/mol. The fourth-order valence-electron chi connectivity index (χ4n) is 5.04. The molecule has 0 aliphatic carbocycles. The molecule has 4 heterocycles. The number of methoxy groups -OCH3 is 1. The molecule has 0 atom stereocenters. The molecule has 2 aliphatic rings. The summed E-state index contributed by atoms with van der Waals surface area (Å²) in [6.07, 6.45) is 0.688. The lowest BCUT2D eigenvalue weighted by atomic mass is 9.99. The Morgan fingerprint density at radius 3 is 2.74 bits per heavy atom. The molecule has 0 unspecified atom stereocenters. The van der Waals surface area contributed by atoms with Crippen molar-refractivity contribution in [2.45, 2.75) is 38.3 Å². The zero-order valence-electron chi connectivity index (χ0n) is 21.1. The zero-order chi connectivity index (χ0) is 26.8. The Bertz CT molecular complexity index is 1330. The number of carbonyl (C=O) groups excluding carboxylic acids is 1. The summed E-state index contributed by atoms with van der Waals surface area (Å²) in [6.45, 7) is 1.99. The fourth-order valence-corrected chi connectivity index (χ4v) is 5.04. The summed E-state index contributed by atoms with van der Waals surface area (Å²) >= 11 is 0. The number of anilines is 2. The third-order valence-corrected chi connectivity index (χ3v) is 7.01. The van der Waals surface area contributed by atoms with Gasteiger partial charge in [-0.25, -0.2) is 22.9 Å². The first kappa shape index (κ1) is 25.8. The Balaban J connectivity index is 1.54. The van der Waals surface area contributed by atoms with E-state index in [1.807, 2.05) is 4.68 Å². The molecule has 0 bridgehead atoms. The highest BCUT2D eigenvalue weighted by Crippen LogP contribution is 2.38.